The molecule has 0 aliphatic rings. The molecule has 2 N–H and O–H groups in total. The molecular weight excluding hydrogens is 252 g/mol. The number of nitrogens with two attached hydrogens (primary N) is 1. The van der Waals surface area contributed by atoms with Gasteiger partial charge in [0.15, 0.2) is 0 Å². The monoisotopic (exact) mass is 264 g/mol. The Balaban J connectivity index is 2.04. The fourth-order valence-electron chi connectivity index (χ4n) is 1.42. The Hall–Kier alpha value is -1.94. The highest BCUT2D eigenvalue weighted by Crippen LogP contribution is 2.22. The fraction of sp³-hybridized carbons (Fsp3) is 0.154. The number of halogens is 1. The van der Waals surface area contributed by atoms with Crippen molar-refractivity contribution in [1.29, 1.82) is 0 Å². The van der Waals surface area contributed by atoms with Gasteiger partial charge in [-0.15, -0.1) is 0 Å². The summed E-state index contributed by atoms with van der Waals surface area (Å²) in [6.07, 6.45) is 0. The van der Waals surface area contributed by atoms with Gasteiger partial charge in [0.05, 0.1) is 12.8 Å². The van der Waals surface area contributed by atoms with Gasteiger partial charge in [0.25, 0.3) is 0 Å². The zero-order chi connectivity index (χ0) is 13.0. The first kappa shape index (κ1) is 12.5. The molecular formula is C13H13ClN2O2. The minimum absolute atomic E-state index is 0.346. The van der Waals surface area contributed by atoms with Crippen molar-refractivity contribution < 1.29 is 9.47 Å². The number of methoxy groups -OCH3 is 1. The molecule has 0 unspecified atom stereocenters. The maximum Gasteiger partial charge on any atom is 0.238 e. The molecule has 18 heavy (non-hydrogen) atoms. The number of nitrogens with zero attached hydrogens (tertiary/aromatic N) is 1. The molecule has 0 bridgehead atoms. The smallest absolute Gasteiger partial charge is 0.238 e. The molecule has 2 aromatic rings. The Kier molecular flexibility index (Phi) is 3.89. The first-order valence-electron chi connectivity index (χ1n) is 5.37. The Morgan fingerprint density at radius 3 is 2.56 bits per heavy atom. The molecule has 0 radical (unpaired) electrons. The number of rotatable bonds is 4. The lowest BCUT2D eigenvalue weighted by atomic mass is 10.2. The number of benzene rings is 1. The quantitative estimate of drug-likeness (QED) is 0.863. The zero-order valence-corrected chi connectivity index (χ0v) is 10.6. The van der Waals surface area contributed by atoms with Crippen molar-refractivity contribution in [2.75, 3.05) is 12.8 Å². The minimum Gasteiger partial charge on any atom is -0.497 e. The van der Waals surface area contributed by atoms with Crippen LogP contribution < -0.4 is 15.2 Å². The minimum atomic E-state index is 0.346. The van der Waals surface area contributed by atoms with Crippen molar-refractivity contribution in [2.24, 2.45) is 0 Å². The highest BCUT2D eigenvalue weighted by Gasteiger charge is 2.04. The van der Waals surface area contributed by atoms with Crippen LogP contribution in [-0.2, 0) is 6.61 Å². The van der Waals surface area contributed by atoms with E-state index in [0.29, 0.717) is 23.3 Å². The molecule has 1 aromatic carbocycles. The van der Waals surface area contributed by atoms with Gasteiger partial charge >= 0.3 is 0 Å². The molecule has 5 heteroatoms. The first-order chi connectivity index (χ1) is 8.69. The van der Waals surface area contributed by atoms with Crippen molar-refractivity contribution in [3.63, 3.8) is 0 Å². The van der Waals surface area contributed by atoms with Crippen LogP contribution in [0.25, 0.3) is 0 Å². The Bertz CT molecular complexity index is 529. The summed E-state index contributed by atoms with van der Waals surface area (Å²) in [6, 6.07) is 10.9. The van der Waals surface area contributed by atoms with Crippen LogP contribution in [0.3, 0.4) is 0 Å². The average molecular weight is 265 g/mol. The van der Waals surface area contributed by atoms with Gasteiger partial charge < -0.3 is 15.2 Å². The molecule has 0 fully saturated rings. The van der Waals surface area contributed by atoms with Crippen molar-refractivity contribution in [1.82, 2.24) is 4.98 Å². The van der Waals surface area contributed by atoms with Crippen LogP contribution in [-0.4, -0.2) is 12.1 Å². The number of pyridine rings is 1. The fourth-order valence-corrected chi connectivity index (χ4v) is 1.56. The second kappa shape index (κ2) is 5.60. The van der Waals surface area contributed by atoms with Crippen LogP contribution in [0.1, 0.15) is 5.56 Å². The molecule has 0 saturated carbocycles. The third-order valence-electron chi connectivity index (χ3n) is 2.39. The SMILES string of the molecule is COc1ccc(COc2nc(Cl)ccc2N)cc1. The predicted octanol–water partition coefficient (Wildman–Crippen LogP) is 2.90. The van der Waals surface area contributed by atoms with E-state index < -0.39 is 0 Å². The molecule has 0 aliphatic heterocycles. The topological polar surface area (TPSA) is 57.4 Å². The first-order valence-corrected chi connectivity index (χ1v) is 5.74. The average Bonchev–Trinajstić information content (AvgIpc) is 2.40. The predicted molar refractivity (Wildman–Crippen MR) is 71.0 cm³/mol. The number of ether oxygens (including phenoxy) is 2. The molecule has 0 saturated heterocycles. The van der Waals surface area contributed by atoms with E-state index in [4.69, 9.17) is 26.8 Å². The van der Waals surface area contributed by atoms with Crippen molar-refractivity contribution in [3.05, 3.63) is 47.1 Å². The number of hydrogen-bond donors (Lipinski definition) is 1. The number of anilines is 1. The second-order valence-corrected chi connectivity index (χ2v) is 4.05. The molecule has 0 spiro atoms. The lowest BCUT2D eigenvalue weighted by Gasteiger charge is -2.08. The molecule has 2 rings (SSSR count). The van der Waals surface area contributed by atoms with E-state index in [9.17, 15) is 0 Å². The van der Waals surface area contributed by atoms with Crippen molar-refractivity contribution in [3.8, 4) is 11.6 Å². The standard InChI is InChI=1S/C13H13ClN2O2/c1-17-10-4-2-9(3-5-10)8-18-13-11(15)6-7-12(14)16-13/h2-7H,8,15H2,1H3. The molecule has 0 atom stereocenters. The molecule has 1 heterocycles. The van der Waals surface area contributed by atoms with Crippen molar-refractivity contribution >= 4 is 17.3 Å². The van der Waals surface area contributed by atoms with Crippen LogP contribution in [0.5, 0.6) is 11.6 Å². The summed E-state index contributed by atoms with van der Waals surface area (Å²) < 4.78 is 10.6. The van der Waals surface area contributed by atoms with Gasteiger partial charge in [-0.2, -0.15) is 4.98 Å². The van der Waals surface area contributed by atoms with E-state index in [2.05, 4.69) is 4.98 Å². The maximum atomic E-state index is 5.77. The van der Waals surface area contributed by atoms with E-state index in [1.54, 1.807) is 19.2 Å². The van der Waals surface area contributed by atoms with E-state index >= 15 is 0 Å². The number of nitrogen functional groups attached to an aromatic ring is 1. The van der Waals surface area contributed by atoms with E-state index in [1.807, 2.05) is 24.3 Å². The van der Waals surface area contributed by atoms with Crippen LogP contribution in [0, 0.1) is 0 Å². The zero-order valence-electron chi connectivity index (χ0n) is 9.89. The Labute approximate surface area is 110 Å². The van der Waals surface area contributed by atoms with E-state index in [0.717, 1.165) is 11.3 Å². The lowest BCUT2D eigenvalue weighted by Crippen LogP contribution is -2.01. The van der Waals surface area contributed by atoms with Gasteiger partial charge in [-0.05, 0) is 29.8 Å². The van der Waals surface area contributed by atoms with Crippen LogP contribution in [0.15, 0.2) is 36.4 Å². The summed E-state index contributed by atoms with van der Waals surface area (Å²) in [5.74, 6) is 1.15. The second-order valence-electron chi connectivity index (χ2n) is 3.67. The third kappa shape index (κ3) is 3.05. The summed E-state index contributed by atoms with van der Waals surface area (Å²) in [6.45, 7) is 0.377. The van der Waals surface area contributed by atoms with Gasteiger partial charge in [0.2, 0.25) is 5.88 Å². The van der Waals surface area contributed by atoms with Crippen LogP contribution >= 0.6 is 11.6 Å². The lowest BCUT2D eigenvalue weighted by molar-refractivity contribution is 0.295. The molecule has 0 aliphatic carbocycles. The summed E-state index contributed by atoms with van der Waals surface area (Å²) >= 11 is 5.77. The highest BCUT2D eigenvalue weighted by molar-refractivity contribution is 6.29. The molecule has 0 amide bonds. The van der Waals surface area contributed by atoms with Gasteiger partial charge in [-0.1, -0.05) is 23.7 Å². The van der Waals surface area contributed by atoms with Gasteiger partial charge in [0.1, 0.15) is 17.5 Å². The highest BCUT2D eigenvalue weighted by atomic mass is 35.5. The molecule has 4 nitrogen and oxygen atoms in total. The normalized spacial score (nSPS) is 10.1. The summed E-state index contributed by atoms with van der Waals surface area (Å²) in [5.41, 5.74) is 7.20. The van der Waals surface area contributed by atoms with E-state index in [1.165, 1.54) is 0 Å². The number of hydrogen-bond acceptors (Lipinski definition) is 4. The third-order valence-corrected chi connectivity index (χ3v) is 2.60. The molecule has 94 valence electrons. The summed E-state index contributed by atoms with van der Waals surface area (Å²) in [5, 5.41) is 0.355. The summed E-state index contributed by atoms with van der Waals surface area (Å²) in [4.78, 5) is 4.02. The Morgan fingerprint density at radius 2 is 1.89 bits per heavy atom. The molecule has 1 aromatic heterocycles. The van der Waals surface area contributed by atoms with Gasteiger partial charge in [0, 0.05) is 0 Å². The van der Waals surface area contributed by atoms with Gasteiger partial charge in [-0.3, -0.25) is 0 Å². The Morgan fingerprint density at radius 1 is 1.17 bits per heavy atom. The van der Waals surface area contributed by atoms with Crippen molar-refractivity contribution in [2.45, 2.75) is 6.61 Å². The van der Waals surface area contributed by atoms with Crippen LogP contribution in [0.2, 0.25) is 5.15 Å². The summed E-state index contributed by atoms with van der Waals surface area (Å²) in [7, 11) is 1.63. The number of aromatic nitrogens is 1. The largest absolute Gasteiger partial charge is 0.497 e. The van der Waals surface area contributed by atoms with Crippen LogP contribution in [0.4, 0.5) is 5.69 Å². The maximum absolute atomic E-state index is 5.77. The van der Waals surface area contributed by atoms with E-state index in [-0.39, 0.29) is 0 Å². The van der Waals surface area contributed by atoms with Gasteiger partial charge in [-0.25, -0.2) is 0 Å².